The van der Waals surface area contributed by atoms with Crippen LogP contribution in [-0.2, 0) is 10.7 Å². The third kappa shape index (κ3) is 13.7. The van der Waals surface area contributed by atoms with E-state index in [1.54, 1.807) is 6.08 Å². The Labute approximate surface area is 231 Å². The lowest BCUT2D eigenvalue weighted by atomic mass is 10.1. The Morgan fingerprint density at radius 2 is 1.55 bits per heavy atom. The van der Waals surface area contributed by atoms with Crippen molar-refractivity contribution in [3.05, 3.63) is 59.6 Å². The third-order valence-corrected chi connectivity index (χ3v) is 7.68. The summed E-state index contributed by atoms with van der Waals surface area (Å²) in [7, 11) is 0. The van der Waals surface area contributed by atoms with Crippen LogP contribution in [0.3, 0.4) is 0 Å². The first-order valence-corrected chi connectivity index (χ1v) is 15.1. The molecule has 2 rings (SSSR count). The fraction of sp³-hybridized carbons (Fsp3) is 0.633. The van der Waals surface area contributed by atoms with Crippen LogP contribution < -0.4 is 5.73 Å². The van der Waals surface area contributed by atoms with Crippen LogP contribution in [0.15, 0.2) is 48.2 Å². The number of carbonyl (C=O) groups is 1. The van der Waals surface area contributed by atoms with Gasteiger partial charge in [0.15, 0.2) is 0 Å². The fourth-order valence-electron chi connectivity index (χ4n) is 4.11. The molecule has 0 fully saturated rings. The average Bonchev–Trinajstić information content (AvgIpc) is 2.89. The first kappa shape index (κ1) is 34.1. The van der Waals surface area contributed by atoms with E-state index in [9.17, 15) is 23.1 Å². The number of benzene rings is 1. The number of nitrogens with two attached hydrogens (primary N) is 1. The van der Waals surface area contributed by atoms with Crippen molar-refractivity contribution in [3.63, 3.8) is 0 Å². The van der Waals surface area contributed by atoms with Crippen LogP contribution in [0.4, 0.5) is 13.2 Å². The summed E-state index contributed by atoms with van der Waals surface area (Å²) in [6.07, 6.45) is 18.5. The van der Waals surface area contributed by atoms with E-state index in [2.05, 4.69) is 13.8 Å². The fourth-order valence-corrected chi connectivity index (χ4v) is 5.43. The molecule has 0 spiro atoms. The zero-order chi connectivity index (χ0) is 28.2. The van der Waals surface area contributed by atoms with Crippen molar-refractivity contribution < 1.29 is 23.1 Å². The van der Waals surface area contributed by atoms with Crippen molar-refractivity contribution >= 4 is 17.7 Å². The minimum atomic E-state index is -3.09. The summed E-state index contributed by atoms with van der Waals surface area (Å²) in [6, 6.07) is 4.21. The molecular weight excluding hydrogens is 509 g/mol. The van der Waals surface area contributed by atoms with Gasteiger partial charge in [0.1, 0.15) is 11.2 Å². The van der Waals surface area contributed by atoms with E-state index in [0.717, 1.165) is 50.1 Å². The van der Waals surface area contributed by atoms with Gasteiger partial charge in [0.2, 0.25) is 0 Å². The highest BCUT2D eigenvalue weighted by Crippen LogP contribution is 2.35. The van der Waals surface area contributed by atoms with Gasteiger partial charge >= 0.3 is 5.97 Å². The SMILES string of the molecule is CCCCCCCCCCN.CCCCCN1C=CC=C(C(=O)O)C1SCCC(F)(F)c1ccc(F)cc1. The number of rotatable bonds is 18. The lowest BCUT2D eigenvalue weighted by molar-refractivity contribution is -0.133. The highest BCUT2D eigenvalue weighted by Gasteiger charge is 2.33. The molecule has 1 aromatic rings. The van der Waals surface area contributed by atoms with E-state index < -0.39 is 29.5 Å². The van der Waals surface area contributed by atoms with Gasteiger partial charge in [0.05, 0.1) is 5.57 Å². The summed E-state index contributed by atoms with van der Waals surface area (Å²) in [5.41, 5.74) is 5.35. The summed E-state index contributed by atoms with van der Waals surface area (Å²) in [5, 5.41) is 8.94. The van der Waals surface area contributed by atoms with Crippen molar-refractivity contribution in [2.45, 2.75) is 102 Å². The molecule has 1 heterocycles. The number of hydrogen-bond donors (Lipinski definition) is 2. The number of allylic oxidation sites excluding steroid dienone is 2. The molecule has 3 N–H and O–H groups in total. The maximum absolute atomic E-state index is 14.3. The molecule has 0 bridgehead atoms. The summed E-state index contributed by atoms with van der Waals surface area (Å²) in [5.74, 6) is -4.61. The van der Waals surface area contributed by atoms with Crippen molar-refractivity contribution in [1.29, 1.82) is 0 Å². The molecule has 1 atom stereocenters. The quantitative estimate of drug-likeness (QED) is 0.178. The van der Waals surface area contributed by atoms with Crippen molar-refractivity contribution in [2.75, 3.05) is 18.8 Å². The minimum absolute atomic E-state index is 0.0811. The Kier molecular flexibility index (Phi) is 18.0. The number of carboxylic acid groups (broad SMARTS) is 1. The average molecular weight is 557 g/mol. The second-order valence-electron chi connectivity index (χ2n) is 9.66. The molecule has 1 aromatic carbocycles. The second kappa shape index (κ2) is 20.0. The molecule has 1 aliphatic rings. The zero-order valence-electron chi connectivity index (χ0n) is 23.1. The number of unbranched alkanes of at least 4 members (excludes halogenated alkanes) is 9. The Morgan fingerprint density at radius 3 is 2.13 bits per heavy atom. The van der Waals surface area contributed by atoms with Crippen LogP contribution in [-0.4, -0.2) is 40.2 Å². The number of hydrogen-bond acceptors (Lipinski definition) is 4. The lowest BCUT2D eigenvalue weighted by Crippen LogP contribution is -2.35. The van der Waals surface area contributed by atoms with E-state index >= 15 is 0 Å². The predicted octanol–water partition coefficient (Wildman–Crippen LogP) is 8.48. The number of nitrogens with zero attached hydrogens (tertiary/aromatic N) is 1. The summed E-state index contributed by atoms with van der Waals surface area (Å²) in [6.45, 7) is 5.89. The van der Waals surface area contributed by atoms with Gasteiger partial charge in [0, 0.05) is 30.5 Å². The van der Waals surface area contributed by atoms with Gasteiger partial charge in [0.25, 0.3) is 5.92 Å². The molecule has 0 amide bonds. The van der Waals surface area contributed by atoms with Crippen molar-refractivity contribution in [3.8, 4) is 0 Å². The van der Waals surface area contributed by atoms with Crippen LogP contribution in [0.5, 0.6) is 0 Å². The van der Waals surface area contributed by atoms with Gasteiger partial charge in [-0.1, -0.05) is 83.8 Å². The molecule has 216 valence electrons. The lowest BCUT2D eigenvalue weighted by Gasteiger charge is -2.33. The Hall–Kier alpha value is -1.93. The summed E-state index contributed by atoms with van der Waals surface area (Å²) >= 11 is 1.20. The van der Waals surface area contributed by atoms with Crippen LogP contribution in [0.25, 0.3) is 0 Å². The second-order valence-corrected chi connectivity index (χ2v) is 10.8. The summed E-state index contributed by atoms with van der Waals surface area (Å²) < 4.78 is 41.6. The van der Waals surface area contributed by atoms with Gasteiger partial charge in [-0.25, -0.2) is 18.0 Å². The van der Waals surface area contributed by atoms with Crippen LogP contribution in [0.1, 0.15) is 96.5 Å². The van der Waals surface area contributed by atoms with Gasteiger partial charge in [-0.3, -0.25) is 0 Å². The first-order chi connectivity index (χ1) is 18.3. The first-order valence-electron chi connectivity index (χ1n) is 14.1. The standard InChI is InChI=1S/C20H24F3NO2S.C10H23N/c1-2-3-4-12-24-13-5-6-17(19(25)26)18(24)27-14-11-20(22,23)15-7-9-16(21)10-8-15;1-2-3-4-5-6-7-8-9-10-11/h5-10,13,18H,2-4,11-12,14H2,1H3,(H,25,26);2-11H2,1H3. The van der Waals surface area contributed by atoms with Gasteiger partial charge in [-0.2, -0.15) is 0 Å². The van der Waals surface area contributed by atoms with Gasteiger partial charge < -0.3 is 15.7 Å². The van der Waals surface area contributed by atoms with Crippen LogP contribution in [0.2, 0.25) is 0 Å². The number of carboxylic acids is 1. The third-order valence-electron chi connectivity index (χ3n) is 6.40. The molecule has 0 saturated carbocycles. The normalized spacial score (nSPS) is 15.2. The zero-order valence-corrected chi connectivity index (χ0v) is 24.0. The molecule has 0 saturated heterocycles. The number of halogens is 3. The number of thioether (sulfide) groups is 1. The van der Waals surface area contributed by atoms with Crippen LogP contribution in [0, 0.1) is 5.82 Å². The topological polar surface area (TPSA) is 66.6 Å². The summed E-state index contributed by atoms with van der Waals surface area (Å²) in [4.78, 5) is 13.4. The molecule has 38 heavy (non-hydrogen) atoms. The molecule has 0 aliphatic carbocycles. The smallest absolute Gasteiger partial charge is 0.334 e. The van der Waals surface area contributed by atoms with E-state index in [-0.39, 0.29) is 16.9 Å². The highest BCUT2D eigenvalue weighted by molar-refractivity contribution is 8.00. The maximum atomic E-state index is 14.3. The van der Waals surface area contributed by atoms with E-state index in [1.807, 2.05) is 11.1 Å². The molecule has 1 aliphatic heterocycles. The molecule has 4 nitrogen and oxygen atoms in total. The van der Waals surface area contributed by atoms with Gasteiger partial charge in [-0.15, -0.1) is 11.8 Å². The van der Waals surface area contributed by atoms with Crippen LogP contribution >= 0.6 is 11.8 Å². The molecule has 1 unspecified atom stereocenters. The maximum Gasteiger partial charge on any atom is 0.334 e. The van der Waals surface area contributed by atoms with E-state index in [4.69, 9.17) is 5.73 Å². The van der Waals surface area contributed by atoms with Crippen molar-refractivity contribution in [1.82, 2.24) is 4.90 Å². The Balaban J connectivity index is 0.000000554. The molecular formula is C30H47F3N2O2S. The number of alkyl halides is 2. The van der Waals surface area contributed by atoms with E-state index in [0.29, 0.717) is 6.54 Å². The molecule has 0 radical (unpaired) electrons. The van der Waals surface area contributed by atoms with E-state index in [1.165, 1.54) is 69.2 Å². The Bertz CT molecular complexity index is 823. The number of aliphatic carboxylic acids is 1. The molecule has 8 heteroatoms. The predicted molar refractivity (Wildman–Crippen MR) is 154 cm³/mol. The van der Waals surface area contributed by atoms with Gasteiger partial charge in [-0.05, 0) is 43.7 Å². The van der Waals surface area contributed by atoms with Crippen molar-refractivity contribution in [2.24, 2.45) is 5.73 Å². The minimum Gasteiger partial charge on any atom is -0.478 e. The highest BCUT2D eigenvalue weighted by atomic mass is 32.2. The largest absolute Gasteiger partial charge is 0.478 e. The monoisotopic (exact) mass is 556 g/mol. The Morgan fingerprint density at radius 1 is 0.974 bits per heavy atom. The molecule has 0 aromatic heterocycles.